The van der Waals surface area contributed by atoms with Crippen molar-refractivity contribution in [2.24, 2.45) is 11.8 Å². The molecule has 0 bridgehead atoms. The van der Waals surface area contributed by atoms with E-state index in [2.05, 4.69) is 22.1 Å². The van der Waals surface area contributed by atoms with E-state index >= 15 is 0 Å². The van der Waals surface area contributed by atoms with Crippen molar-refractivity contribution in [1.29, 1.82) is 0 Å². The first kappa shape index (κ1) is 16.5. The number of halogens is 1. The lowest BCUT2D eigenvalue weighted by molar-refractivity contribution is 0.399. The molecule has 2 unspecified atom stereocenters. The van der Waals surface area contributed by atoms with Gasteiger partial charge in [-0.2, -0.15) is 0 Å². The molecule has 2 rings (SSSR count). The average molecular weight is 333 g/mol. The van der Waals surface area contributed by atoms with Crippen molar-refractivity contribution in [2.45, 2.75) is 50.0 Å². The number of hydrazine groups is 1. The highest BCUT2D eigenvalue weighted by Crippen LogP contribution is 2.26. The zero-order chi connectivity index (χ0) is 15.5. The zero-order valence-electron chi connectivity index (χ0n) is 12.0. The predicted molar refractivity (Wildman–Crippen MR) is 83.4 cm³/mol. The minimum atomic E-state index is -3.62. The van der Waals surface area contributed by atoms with Gasteiger partial charge in [-0.3, -0.25) is 0 Å². The number of hydrogen-bond donors (Lipinski definition) is 3. The van der Waals surface area contributed by atoms with Crippen molar-refractivity contribution < 1.29 is 8.42 Å². The first-order valence-electron chi connectivity index (χ1n) is 7.08. The number of pyridine rings is 1. The number of hydrogen-bond acceptors (Lipinski definition) is 5. The summed E-state index contributed by atoms with van der Waals surface area (Å²) < 4.78 is 27.7. The molecule has 4 N–H and O–H groups in total. The summed E-state index contributed by atoms with van der Waals surface area (Å²) in [5, 5.41) is 0.175. The van der Waals surface area contributed by atoms with Crippen molar-refractivity contribution in [1.82, 2.24) is 9.71 Å². The maximum Gasteiger partial charge on any atom is 0.242 e. The molecule has 0 saturated heterocycles. The highest BCUT2D eigenvalue weighted by molar-refractivity contribution is 7.89. The molecule has 0 spiro atoms. The van der Waals surface area contributed by atoms with Crippen LogP contribution in [0, 0.1) is 5.92 Å². The standard InChI is InChI=1S/C13H21ClN4O2S/c1-9-5-3-2-4-6-12(9)18-21(19,20)10-7-11(14)13(17-15)16-8-10/h7-9,12,18H,2-6,15H2,1H3,(H,16,17). The van der Waals surface area contributed by atoms with E-state index in [1.54, 1.807) is 0 Å². The average Bonchev–Trinajstić information content (AvgIpc) is 2.64. The van der Waals surface area contributed by atoms with Gasteiger partial charge in [-0.1, -0.05) is 37.8 Å². The molecule has 6 nitrogen and oxygen atoms in total. The minimum absolute atomic E-state index is 0.0383. The van der Waals surface area contributed by atoms with Gasteiger partial charge in [0.1, 0.15) is 4.90 Å². The van der Waals surface area contributed by atoms with Crippen molar-refractivity contribution >= 4 is 27.4 Å². The molecule has 21 heavy (non-hydrogen) atoms. The number of aromatic nitrogens is 1. The van der Waals surface area contributed by atoms with E-state index in [1.807, 2.05) is 0 Å². The largest absolute Gasteiger partial charge is 0.307 e. The van der Waals surface area contributed by atoms with Crippen LogP contribution in [0.25, 0.3) is 0 Å². The fourth-order valence-corrected chi connectivity index (χ4v) is 4.24. The lowest BCUT2D eigenvalue weighted by Gasteiger charge is -2.22. The second kappa shape index (κ2) is 6.91. The number of nitrogens with zero attached hydrogens (tertiary/aromatic N) is 1. The molecule has 0 amide bonds. The fourth-order valence-electron chi connectivity index (χ4n) is 2.61. The van der Waals surface area contributed by atoms with E-state index in [0.29, 0.717) is 5.92 Å². The van der Waals surface area contributed by atoms with Crippen molar-refractivity contribution in [3.05, 3.63) is 17.3 Å². The van der Waals surface area contributed by atoms with Crippen LogP contribution in [-0.4, -0.2) is 19.4 Å². The normalized spacial score (nSPS) is 23.6. The number of rotatable bonds is 4. The Balaban J connectivity index is 2.19. The lowest BCUT2D eigenvalue weighted by Crippen LogP contribution is -2.38. The fraction of sp³-hybridized carbons (Fsp3) is 0.615. The van der Waals surface area contributed by atoms with Gasteiger partial charge in [-0.05, 0) is 24.8 Å². The molecule has 1 aliphatic carbocycles. The Hall–Kier alpha value is -0.890. The summed E-state index contributed by atoms with van der Waals surface area (Å²) in [7, 11) is -3.62. The van der Waals surface area contributed by atoms with E-state index in [0.717, 1.165) is 32.1 Å². The highest BCUT2D eigenvalue weighted by Gasteiger charge is 2.26. The number of nitrogens with one attached hydrogen (secondary N) is 2. The van der Waals surface area contributed by atoms with Gasteiger partial charge in [0.2, 0.25) is 10.0 Å². The third kappa shape index (κ3) is 4.06. The highest BCUT2D eigenvalue weighted by atomic mass is 35.5. The molecule has 1 aliphatic rings. The first-order valence-corrected chi connectivity index (χ1v) is 8.94. The lowest BCUT2D eigenvalue weighted by atomic mass is 9.98. The Morgan fingerprint density at radius 2 is 2.05 bits per heavy atom. The van der Waals surface area contributed by atoms with Crippen molar-refractivity contribution in [3.8, 4) is 0 Å². The van der Waals surface area contributed by atoms with Crippen molar-refractivity contribution in [2.75, 3.05) is 5.43 Å². The van der Waals surface area contributed by atoms with Crippen LogP contribution in [0.1, 0.15) is 39.0 Å². The molecule has 1 aromatic heterocycles. The first-order chi connectivity index (χ1) is 9.94. The Labute approximate surface area is 130 Å². The van der Waals surface area contributed by atoms with Gasteiger partial charge in [0.25, 0.3) is 0 Å². The summed E-state index contributed by atoms with van der Waals surface area (Å²) in [5.41, 5.74) is 2.31. The summed E-state index contributed by atoms with van der Waals surface area (Å²) in [6, 6.07) is 1.32. The smallest absolute Gasteiger partial charge is 0.242 e. The molecule has 1 aromatic rings. The van der Waals surface area contributed by atoms with Crippen molar-refractivity contribution in [3.63, 3.8) is 0 Å². The zero-order valence-corrected chi connectivity index (χ0v) is 13.5. The summed E-state index contributed by atoms with van der Waals surface area (Å²) >= 11 is 5.94. The summed E-state index contributed by atoms with van der Waals surface area (Å²) in [4.78, 5) is 3.96. The van der Waals surface area contributed by atoms with Crippen LogP contribution in [0.5, 0.6) is 0 Å². The molecule has 118 valence electrons. The third-order valence-corrected chi connectivity index (χ3v) is 5.68. The van der Waals surface area contributed by atoms with Crippen LogP contribution in [0.15, 0.2) is 17.2 Å². The van der Waals surface area contributed by atoms with Crippen LogP contribution >= 0.6 is 11.6 Å². The van der Waals surface area contributed by atoms with Gasteiger partial charge in [-0.15, -0.1) is 0 Å². The molecule has 2 atom stereocenters. The molecular weight excluding hydrogens is 312 g/mol. The number of nitrogen functional groups attached to an aromatic ring is 1. The predicted octanol–water partition coefficient (Wildman–Crippen LogP) is 2.27. The molecule has 1 saturated carbocycles. The molecule has 0 aliphatic heterocycles. The quantitative estimate of drug-likeness (QED) is 0.446. The third-order valence-electron chi connectivity index (χ3n) is 3.93. The molecule has 0 aromatic carbocycles. The van der Waals surface area contributed by atoms with Gasteiger partial charge in [0, 0.05) is 12.2 Å². The number of sulfonamides is 1. The van der Waals surface area contributed by atoms with Crippen LogP contribution < -0.4 is 16.0 Å². The number of nitrogens with two attached hydrogens (primary N) is 1. The molecule has 8 heteroatoms. The maximum absolute atomic E-state index is 12.4. The van der Waals surface area contributed by atoms with Crippen LogP contribution in [0.4, 0.5) is 5.82 Å². The monoisotopic (exact) mass is 332 g/mol. The van der Waals surface area contributed by atoms with E-state index in [9.17, 15) is 8.42 Å². The Bertz CT molecular complexity index is 594. The second-order valence-electron chi connectivity index (χ2n) is 5.49. The minimum Gasteiger partial charge on any atom is -0.307 e. The number of anilines is 1. The molecule has 1 fully saturated rings. The maximum atomic E-state index is 12.4. The van der Waals surface area contributed by atoms with Gasteiger partial charge >= 0.3 is 0 Å². The SMILES string of the molecule is CC1CCCCCC1NS(=O)(=O)c1cnc(NN)c(Cl)c1. The van der Waals surface area contributed by atoms with E-state index in [-0.39, 0.29) is 21.8 Å². The van der Waals surface area contributed by atoms with Crippen LogP contribution in [0.2, 0.25) is 5.02 Å². The van der Waals surface area contributed by atoms with Gasteiger partial charge in [0.05, 0.1) is 5.02 Å². The second-order valence-corrected chi connectivity index (χ2v) is 7.61. The molecular formula is C13H21ClN4O2S. The molecule has 1 heterocycles. The van der Waals surface area contributed by atoms with Gasteiger partial charge in [-0.25, -0.2) is 24.0 Å². The molecule has 0 radical (unpaired) electrons. The van der Waals surface area contributed by atoms with Gasteiger partial charge in [0.15, 0.2) is 5.82 Å². The summed E-state index contributed by atoms with van der Waals surface area (Å²) in [5.74, 6) is 5.81. The van der Waals surface area contributed by atoms with Crippen LogP contribution in [0.3, 0.4) is 0 Å². The van der Waals surface area contributed by atoms with Crippen LogP contribution in [-0.2, 0) is 10.0 Å². The Morgan fingerprint density at radius 1 is 1.33 bits per heavy atom. The van der Waals surface area contributed by atoms with E-state index < -0.39 is 10.0 Å². The van der Waals surface area contributed by atoms with E-state index in [1.165, 1.54) is 12.3 Å². The Morgan fingerprint density at radius 3 is 2.71 bits per heavy atom. The summed E-state index contributed by atoms with van der Waals surface area (Å²) in [6.45, 7) is 2.09. The van der Waals surface area contributed by atoms with E-state index in [4.69, 9.17) is 17.4 Å². The topological polar surface area (TPSA) is 97.1 Å². The Kier molecular flexibility index (Phi) is 5.43. The summed E-state index contributed by atoms with van der Waals surface area (Å²) in [6.07, 6.45) is 6.53. The van der Waals surface area contributed by atoms with Gasteiger partial charge < -0.3 is 5.43 Å².